The molecule has 0 unspecified atom stereocenters. The van der Waals surface area contributed by atoms with Crippen LogP contribution in [0.4, 0.5) is 0 Å². The third kappa shape index (κ3) is 3.00. The van der Waals surface area contributed by atoms with Crippen molar-refractivity contribution in [2.75, 3.05) is 6.54 Å². The van der Waals surface area contributed by atoms with Gasteiger partial charge in [0.15, 0.2) is 0 Å². The van der Waals surface area contributed by atoms with Crippen LogP contribution in [-0.4, -0.2) is 33.7 Å². The topological polar surface area (TPSA) is 95.1 Å². The van der Waals surface area contributed by atoms with Crippen LogP contribution in [0.5, 0.6) is 0 Å². The number of carboxylic acid groups (broad SMARTS) is 1. The van der Waals surface area contributed by atoms with Gasteiger partial charge in [0.1, 0.15) is 0 Å². The normalized spacial score (nSPS) is 18.2. The van der Waals surface area contributed by atoms with Gasteiger partial charge in [-0.15, -0.1) is 0 Å². The smallest absolute Gasteiger partial charge is 0.311 e. The number of hydrogen-bond donors (Lipinski definition) is 3. The van der Waals surface area contributed by atoms with Crippen molar-refractivity contribution in [3.8, 4) is 0 Å². The van der Waals surface area contributed by atoms with E-state index in [2.05, 4.69) is 15.5 Å². The average Bonchev–Trinajstić information content (AvgIpc) is 2.71. The zero-order valence-electron chi connectivity index (χ0n) is 11.7. The summed E-state index contributed by atoms with van der Waals surface area (Å²) in [7, 11) is 0. The van der Waals surface area contributed by atoms with Gasteiger partial charge < -0.3 is 10.4 Å². The number of nitrogens with zero attached hydrogens (tertiary/aromatic N) is 1. The van der Waals surface area contributed by atoms with Gasteiger partial charge >= 0.3 is 5.97 Å². The van der Waals surface area contributed by atoms with E-state index in [1.54, 1.807) is 6.92 Å². The number of amides is 1. The quantitative estimate of drug-likeness (QED) is 0.733. The van der Waals surface area contributed by atoms with Crippen LogP contribution in [0.2, 0.25) is 0 Å². The second-order valence-corrected chi connectivity index (χ2v) is 5.59. The summed E-state index contributed by atoms with van der Waals surface area (Å²) in [6, 6.07) is 0. The van der Waals surface area contributed by atoms with Crippen molar-refractivity contribution >= 4 is 11.9 Å². The Kier molecular flexibility index (Phi) is 4.42. The highest BCUT2D eigenvalue weighted by Gasteiger charge is 2.39. The van der Waals surface area contributed by atoms with E-state index in [4.69, 9.17) is 0 Å². The largest absolute Gasteiger partial charge is 0.481 e. The Morgan fingerprint density at radius 3 is 2.50 bits per heavy atom. The summed E-state index contributed by atoms with van der Waals surface area (Å²) in [5.74, 6) is -1.07. The molecular weight excluding hydrogens is 258 g/mol. The fourth-order valence-corrected chi connectivity index (χ4v) is 2.80. The Morgan fingerprint density at radius 1 is 1.35 bits per heavy atom. The van der Waals surface area contributed by atoms with Crippen LogP contribution in [0.3, 0.4) is 0 Å². The summed E-state index contributed by atoms with van der Waals surface area (Å²) in [5.41, 5.74) is 0.343. The Bertz CT molecular complexity index is 488. The molecule has 20 heavy (non-hydrogen) atoms. The Morgan fingerprint density at radius 2 is 2.00 bits per heavy atom. The molecule has 0 aromatic carbocycles. The first-order chi connectivity index (χ1) is 9.55. The molecule has 0 spiro atoms. The van der Waals surface area contributed by atoms with Crippen LogP contribution in [-0.2, 0) is 4.79 Å². The molecule has 6 nitrogen and oxygen atoms in total. The average molecular weight is 279 g/mol. The zero-order valence-corrected chi connectivity index (χ0v) is 11.7. The molecule has 1 saturated carbocycles. The second kappa shape index (κ2) is 6.07. The van der Waals surface area contributed by atoms with Crippen LogP contribution < -0.4 is 5.32 Å². The summed E-state index contributed by atoms with van der Waals surface area (Å²) in [5, 5.41) is 18.8. The molecular formula is C14H21N3O3. The van der Waals surface area contributed by atoms with Gasteiger partial charge in [-0.05, 0) is 19.8 Å². The van der Waals surface area contributed by atoms with Gasteiger partial charge in [0.05, 0.1) is 17.2 Å². The number of carbonyl (C=O) groups excluding carboxylic acids is 1. The molecule has 0 saturated heterocycles. The molecule has 0 atom stereocenters. The minimum Gasteiger partial charge on any atom is -0.481 e. The fraction of sp³-hybridized carbons (Fsp3) is 0.643. The first-order valence-electron chi connectivity index (χ1n) is 7.07. The molecule has 2 rings (SSSR count). The van der Waals surface area contributed by atoms with Crippen molar-refractivity contribution in [3.63, 3.8) is 0 Å². The van der Waals surface area contributed by atoms with Crippen molar-refractivity contribution in [1.82, 2.24) is 15.5 Å². The molecule has 1 aliphatic carbocycles. The molecule has 0 aliphatic heterocycles. The molecule has 1 fully saturated rings. The van der Waals surface area contributed by atoms with E-state index in [0.717, 1.165) is 25.7 Å². The number of hydrogen-bond acceptors (Lipinski definition) is 3. The van der Waals surface area contributed by atoms with Gasteiger partial charge in [-0.25, -0.2) is 0 Å². The Hall–Kier alpha value is -1.85. The minimum absolute atomic E-state index is 0.186. The van der Waals surface area contributed by atoms with Crippen molar-refractivity contribution in [2.24, 2.45) is 5.41 Å². The molecule has 1 heterocycles. The predicted molar refractivity (Wildman–Crippen MR) is 73.4 cm³/mol. The van der Waals surface area contributed by atoms with E-state index in [-0.39, 0.29) is 12.5 Å². The van der Waals surface area contributed by atoms with Gasteiger partial charge in [0.25, 0.3) is 5.91 Å². The maximum Gasteiger partial charge on any atom is 0.311 e. The highest BCUT2D eigenvalue weighted by atomic mass is 16.4. The second-order valence-electron chi connectivity index (χ2n) is 5.59. The lowest BCUT2D eigenvalue weighted by Gasteiger charge is -2.28. The molecule has 6 heteroatoms. The SMILES string of the molecule is Cc1[nH]ncc1C(=O)NCC1(C(=O)O)CCCCCC1. The molecule has 3 N–H and O–H groups in total. The molecule has 1 amide bonds. The lowest BCUT2D eigenvalue weighted by molar-refractivity contribution is -0.149. The van der Waals surface area contributed by atoms with Crippen LogP contribution in [0, 0.1) is 12.3 Å². The number of aryl methyl sites for hydroxylation is 1. The first kappa shape index (κ1) is 14.6. The van der Waals surface area contributed by atoms with E-state index in [0.29, 0.717) is 24.1 Å². The number of nitrogens with one attached hydrogen (secondary N) is 2. The molecule has 0 bridgehead atoms. The predicted octanol–water partition coefficient (Wildman–Crippen LogP) is 1.87. The van der Waals surface area contributed by atoms with E-state index >= 15 is 0 Å². The van der Waals surface area contributed by atoms with Gasteiger partial charge in [-0.2, -0.15) is 5.10 Å². The van der Waals surface area contributed by atoms with Crippen LogP contribution in [0.25, 0.3) is 0 Å². The summed E-state index contributed by atoms with van der Waals surface area (Å²) in [6.07, 6.45) is 6.69. The molecule has 0 radical (unpaired) electrons. The van der Waals surface area contributed by atoms with E-state index in [1.165, 1.54) is 6.20 Å². The number of carbonyl (C=O) groups is 2. The third-order valence-corrected chi connectivity index (χ3v) is 4.18. The Labute approximate surface area is 118 Å². The fourth-order valence-electron chi connectivity index (χ4n) is 2.80. The van der Waals surface area contributed by atoms with Gasteiger partial charge in [-0.3, -0.25) is 14.7 Å². The zero-order chi connectivity index (χ0) is 14.6. The Balaban J connectivity index is 2.04. The monoisotopic (exact) mass is 279 g/mol. The number of aliphatic carboxylic acids is 1. The van der Waals surface area contributed by atoms with Crippen LogP contribution in [0.1, 0.15) is 54.6 Å². The summed E-state index contributed by atoms with van der Waals surface area (Å²) in [4.78, 5) is 23.7. The summed E-state index contributed by atoms with van der Waals surface area (Å²) in [6.45, 7) is 1.95. The molecule has 110 valence electrons. The van der Waals surface area contributed by atoms with Crippen molar-refractivity contribution in [3.05, 3.63) is 17.5 Å². The molecule has 1 aliphatic rings. The van der Waals surface area contributed by atoms with Crippen molar-refractivity contribution in [2.45, 2.75) is 45.4 Å². The lowest BCUT2D eigenvalue weighted by Crippen LogP contribution is -2.43. The molecule has 1 aromatic heterocycles. The van der Waals surface area contributed by atoms with E-state index < -0.39 is 11.4 Å². The van der Waals surface area contributed by atoms with Crippen molar-refractivity contribution < 1.29 is 14.7 Å². The lowest BCUT2D eigenvalue weighted by atomic mass is 9.80. The van der Waals surface area contributed by atoms with E-state index in [9.17, 15) is 14.7 Å². The van der Waals surface area contributed by atoms with Crippen LogP contribution in [0.15, 0.2) is 6.20 Å². The highest BCUT2D eigenvalue weighted by Crippen LogP contribution is 2.34. The summed E-state index contributed by atoms with van der Waals surface area (Å²) >= 11 is 0. The first-order valence-corrected chi connectivity index (χ1v) is 7.07. The van der Waals surface area contributed by atoms with E-state index in [1.807, 2.05) is 0 Å². The van der Waals surface area contributed by atoms with Crippen molar-refractivity contribution in [1.29, 1.82) is 0 Å². The standard InChI is InChI=1S/C14H21N3O3/c1-10-11(8-16-17-10)12(18)15-9-14(13(19)20)6-4-2-3-5-7-14/h8H,2-7,9H2,1H3,(H,15,18)(H,16,17)(H,19,20). The highest BCUT2D eigenvalue weighted by molar-refractivity contribution is 5.95. The van der Waals surface area contributed by atoms with Crippen LogP contribution >= 0.6 is 0 Å². The third-order valence-electron chi connectivity index (χ3n) is 4.18. The van der Waals surface area contributed by atoms with Gasteiger partial charge in [0.2, 0.25) is 0 Å². The maximum absolute atomic E-state index is 12.1. The maximum atomic E-state index is 12.1. The van der Waals surface area contributed by atoms with Gasteiger partial charge in [0, 0.05) is 12.2 Å². The number of aromatic nitrogens is 2. The minimum atomic E-state index is -0.816. The summed E-state index contributed by atoms with van der Waals surface area (Å²) < 4.78 is 0. The molecule has 1 aromatic rings. The number of rotatable bonds is 4. The number of aromatic amines is 1. The number of H-pyrrole nitrogens is 1. The number of carboxylic acids is 1. The van der Waals surface area contributed by atoms with Gasteiger partial charge in [-0.1, -0.05) is 25.7 Å².